The summed E-state index contributed by atoms with van der Waals surface area (Å²) in [5, 5.41) is 27.2. The molecule has 0 bridgehead atoms. The highest BCUT2D eigenvalue weighted by Gasteiger charge is 2.30. The summed E-state index contributed by atoms with van der Waals surface area (Å²) in [7, 11) is 0. The van der Waals surface area contributed by atoms with Gasteiger partial charge in [0.1, 0.15) is 16.9 Å². The molecule has 38 heavy (non-hydrogen) atoms. The Bertz CT molecular complexity index is 1590. The lowest BCUT2D eigenvalue weighted by Gasteiger charge is -2.22. The van der Waals surface area contributed by atoms with Gasteiger partial charge in [0.25, 0.3) is 0 Å². The maximum Gasteiger partial charge on any atom is 0.225 e. The Morgan fingerprint density at radius 1 is 1.05 bits per heavy atom. The molecule has 0 aliphatic heterocycles. The van der Waals surface area contributed by atoms with Gasteiger partial charge in [-0.1, -0.05) is 60.1 Å². The minimum absolute atomic E-state index is 0.137. The Kier molecular flexibility index (Phi) is 6.93. The number of nitrogens with zero attached hydrogens (tertiary/aromatic N) is 1. The van der Waals surface area contributed by atoms with Crippen molar-refractivity contribution < 1.29 is 19.0 Å². The summed E-state index contributed by atoms with van der Waals surface area (Å²) < 4.78 is 6.67. The third-order valence-electron chi connectivity index (χ3n) is 6.77. The Morgan fingerprint density at radius 2 is 1.79 bits per heavy atom. The maximum absolute atomic E-state index is 13.2. The van der Waals surface area contributed by atoms with Crippen LogP contribution in [0.3, 0.4) is 0 Å². The molecule has 0 aliphatic carbocycles. The van der Waals surface area contributed by atoms with Gasteiger partial charge < -0.3 is 20.0 Å². The van der Waals surface area contributed by atoms with Crippen molar-refractivity contribution in [2.45, 2.75) is 31.9 Å². The standard InChI is InChI=1S/C31H27ClN2O4/c1-20-16-25(32)10-11-26(20)30(22-6-4-3-5-7-22)33-29(35)18-21-8-9-23-19-28(38-27(23)17-21)31(2,36)24-12-14-34(37)15-13-24/h3-17,19,30,36H,18H2,1-2H3,(H,33,35). The highest BCUT2D eigenvalue weighted by Crippen LogP contribution is 2.33. The van der Waals surface area contributed by atoms with Crippen LogP contribution in [0, 0.1) is 12.1 Å². The topological polar surface area (TPSA) is 89.4 Å². The summed E-state index contributed by atoms with van der Waals surface area (Å²) in [6, 6.07) is 25.6. The first-order chi connectivity index (χ1) is 18.2. The SMILES string of the molecule is Cc1cc(Cl)ccc1C(NC(=O)Cc1ccc2cc(C(C)(O)c3cc[n+]([O-])cc3)oc2c1)c1ccccc1. The number of aliphatic hydroxyl groups is 1. The number of carbonyl (C=O) groups excluding carboxylic acids is 1. The number of aryl methyl sites for hydroxylation is 1. The van der Waals surface area contributed by atoms with Crippen LogP contribution in [0.5, 0.6) is 0 Å². The number of fused-ring (bicyclic) bond motifs is 1. The second-order valence-corrected chi connectivity index (χ2v) is 10.0. The van der Waals surface area contributed by atoms with Gasteiger partial charge in [-0.15, -0.1) is 0 Å². The van der Waals surface area contributed by atoms with Crippen molar-refractivity contribution in [3.8, 4) is 0 Å². The van der Waals surface area contributed by atoms with E-state index in [-0.39, 0.29) is 18.4 Å². The molecule has 0 saturated heterocycles. The van der Waals surface area contributed by atoms with Crippen molar-refractivity contribution in [1.82, 2.24) is 5.32 Å². The molecule has 5 aromatic rings. The first-order valence-electron chi connectivity index (χ1n) is 12.3. The molecular weight excluding hydrogens is 500 g/mol. The third-order valence-corrected chi connectivity index (χ3v) is 7.01. The highest BCUT2D eigenvalue weighted by atomic mass is 35.5. The minimum Gasteiger partial charge on any atom is -0.619 e. The maximum atomic E-state index is 13.2. The van der Waals surface area contributed by atoms with Gasteiger partial charge in [0.05, 0.1) is 12.5 Å². The van der Waals surface area contributed by atoms with Gasteiger partial charge >= 0.3 is 0 Å². The molecule has 1 amide bonds. The van der Waals surface area contributed by atoms with Gasteiger partial charge in [0.2, 0.25) is 5.91 Å². The third kappa shape index (κ3) is 5.28. The number of rotatable bonds is 7. The van der Waals surface area contributed by atoms with E-state index < -0.39 is 5.60 Å². The van der Waals surface area contributed by atoms with Crippen LogP contribution in [0.15, 0.2) is 102 Å². The molecule has 192 valence electrons. The van der Waals surface area contributed by atoms with Crippen LogP contribution in [-0.2, 0) is 16.8 Å². The molecule has 7 heteroatoms. The molecule has 6 nitrogen and oxygen atoms in total. The Balaban J connectivity index is 1.38. The van der Waals surface area contributed by atoms with E-state index in [9.17, 15) is 15.1 Å². The van der Waals surface area contributed by atoms with Crippen LogP contribution >= 0.6 is 11.6 Å². The van der Waals surface area contributed by atoms with E-state index in [1.54, 1.807) is 25.1 Å². The lowest BCUT2D eigenvalue weighted by Crippen LogP contribution is -2.31. The highest BCUT2D eigenvalue weighted by molar-refractivity contribution is 6.30. The first-order valence-corrected chi connectivity index (χ1v) is 12.6. The number of benzene rings is 3. The number of amides is 1. The molecule has 3 aromatic carbocycles. The van der Waals surface area contributed by atoms with Crippen LogP contribution in [-0.4, -0.2) is 11.0 Å². The molecule has 2 heterocycles. The van der Waals surface area contributed by atoms with E-state index in [2.05, 4.69) is 5.32 Å². The van der Waals surface area contributed by atoms with Gasteiger partial charge in [-0.05, 0) is 60.4 Å². The van der Waals surface area contributed by atoms with E-state index in [4.69, 9.17) is 16.0 Å². The molecule has 0 radical (unpaired) electrons. The number of hydrogen-bond acceptors (Lipinski definition) is 4. The zero-order chi connectivity index (χ0) is 26.9. The van der Waals surface area contributed by atoms with E-state index in [0.29, 0.717) is 26.7 Å². The van der Waals surface area contributed by atoms with Crippen molar-refractivity contribution in [3.05, 3.63) is 141 Å². The second-order valence-electron chi connectivity index (χ2n) is 9.59. The van der Waals surface area contributed by atoms with Gasteiger partial charge in [0.15, 0.2) is 12.4 Å². The summed E-state index contributed by atoms with van der Waals surface area (Å²) in [5.41, 5.74) is 3.40. The van der Waals surface area contributed by atoms with Gasteiger partial charge in [0, 0.05) is 28.1 Å². The van der Waals surface area contributed by atoms with E-state index in [0.717, 1.165) is 27.6 Å². The fourth-order valence-electron chi connectivity index (χ4n) is 4.65. The summed E-state index contributed by atoms with van der Waals surface area (Å²) in [4.78, 5) is 13.2. The fourth-order valence-corrected chi connectivity index (χ4v) is 4.88. The molecule has 2 aromatic heterocycles. The van der Waals surface area contributed by atoms with Crippen molar-refractivity contribution in [1.29, 1.82) is 0 Å². The van der Waals surface area contributed by atoms with Crippen LogP contribution in [0.2, 0.25) is 5.02 Å². The molecule has 0 fully saturated rings. The van der Waals surface area contributed by atoms with E-state index in [1.165, 1.54) is 12.4 Å². The average molecular weight is 527 g/mol. The molecule has 2 N–H and O–H groups in total. The molecule has 2 unspecified atom stereocenters. The predicted molar refractivity (Wildman–Crippen MR) is 147 cm³/mol. The summed E-state index contributed by atoms with van der Waals surface area (Å²) in [6.07, 6.45) is 2.81. The van der Waals surface area contributed by atoms with Crippen LogP contribution in [0.4, 0.5) is 0 Å². The molecule has 5 rings (SSSR count). The van der Waals surface area contributed by atoms with E-state index in [1.807, 2.05) is 73.7 Å². The zero-order valence-corrected chi connectivity index (χ0v) is 21.8. The molecule has 2 atom stereocenters. The lowest BCUT2D eigenvalue weighted by molar-refractivity contribution is -0.605. The number of halogens is 1. The van der Waals surface area contributed by atoms with Crippen molar-refractivity contribution in [2.24, 2.45) is 0 Å². The van der Waals surface area contributed by atoms with Crippen LogP contribution in [0.25, 0.3) is 11.0 Å². The quantitative estimate of drug-likeness (QED) is 0.209. The fraction of sp³-hybridized carbons (Fsp3) is 0.161. The molecule has 0 saturated carbocycles. The van der Waals surface area contributed by atoms with Crippen LogP contribution < -0.4 is 10.0 Å². The summed E-state index contributed by atoms with van der Waals surface area (Å²) in [6.45, 7) is 3.60. The number of nitrogens with one attached hydrogen (secondary N) is 1. The van der Waals surface area contributed by atoms with Crippen molar-refractivity contribution in [2.75, 3.05) is 0 Å². The summed E-state index contributed by atoms with van der Waals surface area (Å²) >= 11 is 6.17. The normalized spacial score (nSPS) is 13.7. The Morgan fingerprint density at radius 3 is 2.50 bits per heavy atom. The molecule has 0 aliphatic rings. The monoisotopic (exact) mass is 526 g/mol. The lowest BCUT2D eigenvalue weighted by atomic mass is 9.94. The van der Waals surface area contributed by atoms with Gasteiger partial charge in [-0.2, -0.15) is 4.73 Å². The number of hydrogen-bond donors (Lipinski definition) is 2. The summed E-state index contributed by atoms with van der Waals surface area (Å²) in [5.74, 6) is 0.210. The average Bonchev–Trinajstić information content (AvgIpc) is 3.33. The largest absolute Gasteiger partial charge is 0.619 e. The number of carbonyl (C=O) groups is 1. The number of pyridine rings is 1. The van der Waals surface area contributed by atoms with E-state index >= 15 is 0 Å². The van der Waals surface area contributed by atoms with Gasteiger partial charge in [-0.3, -0.25) is 4.79 Å². The Labute approximate surface area is 225 Å². The smallest absolute Gasteiger partial charge is 0.225 e. The molecular formula is C31H27ClN2O4. The predicted octanol–water partition coefficient (Wildman–Crippen LogP) is 5.73. The minimum atomic E-state index is -1.43. The Hall–Kier alpha value is -4.13. The number of furan rings is 1. The first kappa shape index (κ1) is 25.5. The van der Waals surface area contributed by atoms with Gasteiger partial charge in [-0.25, -0.2) is 0 Å². The molecule has 0 spiro atoms. The second kappa shape index (κ2) is 10.3. The zero-order valence-electron chi connectivity index (χ0n) is 21.0. The van der Waals surface area contributed by atoms with Crippen molar-refractivity contribution in [3.63, 3.8) is 0 Å². The van der Waals surface area contributed by atoms with Crippen molar-refractivity contribution >= 4 is 28.5 Å². The number of aromatic nitrogens is 1. The van der Waals surface area contributed by atoms with Crippen LogP contribution in [0.1, 0.15) is 46.5 Å².